The minimum absolute atomic E-state index is 0.106. The molecule has 0 aliphatic carbocycles. The van der Waals surface area contributed by atoms with E-state index in [9.17, 15) is 9.90 Å². The number of hydrogen-bond donors (Lipinski definition) is 1. The van der Waals surface area contributed by atoms with Gasteiger partial charge < -0.3 is 14.3 Å². The normalized spacial score (nSPS) is 11.2. The molecule has 3 aromatic rings. The fourth-order valence-corrected chi connectivity index (χ4v) is 4.20. The Morgan fingerprint density at radius 1 is 0.788 bits per heavy atom. The van der Waals surface area contributed by atoms with E-state index in [0.29, 0.717) is 23.7 Å². The molecule has 0 saturated carbocycles. The van der Waals surface area contributed by atoms with E-state index in [1.54, 1.807) is 6.07 Å². The lowest BCUT2D eigenvalue weighted by atomic mass is 10.1. The molecule has 4 nitrogen and oxygen atoms in total. The lowest BCUT2D eigenvalue weighted by molar-refractivity contribution is 0.302. The van der Waals surface area contributed by atoms with Gasteiger partial charge in [0.15, 0.2) is 5.43 Å². The van der Waals surface area contributed by atoms with E-state index in [4.69, 9.17) is 9.15 Å². The monoisotopic (exact) mass is 450 g/mol. The topological polar surface area (TPSA) is 59.7 Å². The summed E-state index contributed by atoms with van der Waals surface area (Å²) in [7, 11) is 0. The van der Waals surface area contributed by atoms with Crippen molar-refractivity contribution in [3.05, 3.63) is 58.8 Å². The smallest absolute Gasteiger partial charge is 0.197 e. The third kappa shape index (κ3) is 7.96. The second kappa shape index (κ2) is 13.7. The van der Waals surface area contributed by atoms with Crippen molar-refractivity contribution in [2.24, 2.45) is 0 Å². The highest BCUT2D eigenvalue weighted by Gasteiger charge is 2.12. The van der Waals surface area contributed by atoms with Gasteiger partial charge in [0.2, 0.25) is 0 Å². The highest BCUT2D eigenvalue weighted by atomic mass is 16.5. The largest absolute Gasteiger partial charge is 0.507 e. The number of hydrogen-bond acceptors (Lipinski definition) is 4. The number of phenolic OH excluding ortho intramolecular Hbond substituents is 1. The predicted molar refractivity (Wildman–Crippen MR) is 136 cm³/mol. The predicted octanol–water partition coefficient (Wildman–Crippen LogP) is 8.25. The van der Waals surface area contributed by atoms with Gasteiger partial charge >= 0.3 is 0 Å². The van der Waals surface area contributed by atoms with Crippen molar-refractivity contribution in [2.45, 2.75) is 84.0 Å². The molecule has 0 atom stereocenters. The fraction of sp³-hybridized carbons (Fsp3) is 0.483. The Morgan fingerprint density at radius 2 is 1.39 bits per heavy atom. The highest BCUT2D eigenvalue weighted by molar-refractivity contribution is 5.86. The van der Waals surface area contributed by atoms with Crippen LogP contribution in [0.3, 0.4) is 0 Å². The van der Waals surface area contributed by atoms with Gasteiger partial charge in [-0.3, -0.25) is 4.79 Å². The summed E-state index contributed by atoms with van der Waals surface area (Å²) < 4.78 is 11.8. The van der Waals surface area contributed by atoms with Crippen LogP contribution in [0.15, 0.2) is 57.7 Å². The summed E-state index contributed by atoms with van der Waals surface area (Å²) in [6, 6.07) is 14.1. The first-order valence-corrected chi connectivity index (χ1v) is 12.7. The van der Waals surface area contributed by atoms with Crippen LogP contribution < -0.4 is 10.2 Å². The van der Waals surface area contributed by atoms with Crippen molar-refractivity contribution < 1.29 is 14.3 Å². The van der Waals surface area contributed by atoms with Gasteiger partial charge in [-0.15, -0.1) is 0 Å². The second-order valence-corrected chi connectivity index (χ2v) is 8.89. The van der Waals surface area contributed by atoms with Crippen LogP contribution in [0.25, 0.3) is 22.3 Å². The Labute approximate surface area is 197 Å². The Balaban J connectivity index is 1.41. The van der Waals surface area contributed by atoms with Crippen molar-refractivity contribution in [1.82, 2.24) is 0 Å². The van der Waals surface area contributed by atoms with Crippen LogP contribution in [0.4, 0.5) is 0 Å². The van der Waals surface area contributed by atoms with Gasteiger partial charge in [-0.25, -0.2) is 0 Å². The maximum absolute atomic E-state index is 12.5. The first-order chi connectivity index (χ1) is 16.2. The molecule has 0 unspecified atom stereocenters. The number of phenols is 1. The number of ether oxygens (including phenoxy) is 1. The molecule has 0 spiro atoms. The Morgan fingerprint density at radius 3 is 2.03 bits per heavy atom. The molecule has 1 heterocycles. The molecule has 1 aromatic heterocycles. The zero-order chi connectivity index (χ0) is 23.3. The number of rotatable bonds is 15. The van der Waals surface area contributed by atoms with Gasteiger partial charge in [0, 0.05) is 23.8 Å². The molecule has 178 valence electrons. The van der Waals surface area contributed by atoms with E-state index >= 15 is 0 Å². The lowest BCUT2D eigenvalue weighted by Crippen LogP contribution is -2.02. The van der Waals surface area contributed by atoms with E-state index in [-0.39, 0.29) is 16.6 Å². The standard InChI is InChI=1S/C29H38O4/c1-2-3-4-5-6-7-8-9-10-11-12-16-19-32-24-20-25(30)29-26(31)22-27(33-28(29)21-24)23-17-14-13-15-18-23/h13-15,17-18,20-22,30H,2-12,16,19H2,1H3. The number of unbranched alkanes of at least 4 members (excludes halogenated alkanes) is 11. The molecule has 0 bridgehead atoms. The maximum atomic E-state index is 12.5. The van der Waals surface area contributed by atoms with Crippen molar-refractivity contribution >= 4 is 11.0 Å². The third-order valence-corrected chi connectivity index (χ3v) is 6.11. The molecular weight excluding hydrogens is 412 g/mol. The lowest BCUT2D eigenvalue weighted by Gasteiger charge is -2.09. The minimum Gasteiger partial charge on any atom is -0.507 e. The van der Waals surface area contributed by atoms with Gasteiger partial charge in [-0.1, -0.05) is 108 Å². The van der Waals surface area contributed by atoms with E-state index in [0.717, 1.165) is 18.4 Å². The highest BCUT2D eigenvalue weighted by Crippen LogP contribution is 2.31. The van der Waals surface area contributed by atoms with Crippen LogP contribution in [0.5, 0.6) is 11.5 Å². The summed E-state index contributed by atoms with van der Waals surface area (Å²) in [4.78, 5) is 12.5. The van der Waals surface area contributed by atoms with Gasteiger partial charge in [0.05, 0.1) is 6.61 Å². The van der Waals surface area contributed by atoms with Crippen LogP contribution in [0, 0.1) is 0 Å². The van der Waals surface area contributed by atoms with E-state index in [2.05, 4.69) is 6.92 Å². The average Bonchev–Trinajstić information content (AvgIpc) is 2.82. The summed E-state index contributed by atoms with van der Waals surface area (Å²) in [6.07, 6.45) is 15.6. The molecule has 33 heavy (non-hydrogen) atoms. The van der Waals surface area contributed by atoms with Gasteiger partial charge in [0.1, 0.15) is 28.2 Å². The Hall–Kier alpha value is -2.75. The molecule has 0 aliphatic heterocycles. The molecule has 4 heteroatoms. The van der Waals surface area contributed by atoms with Crippen LogP contribution in [-0.2, 0) is 0 Å². The molecule has 3 rings (SSSR count). The summed E-state index contributed by atoms with van der Waals surface area (Å²) in [5.74, 6) is 0.896. The SMILES string of the molecule is CCCCCCCCCCCCCCOc1cc(O)c2c(=O)cc(-c3ccccc3)oc2c1. The van der Waals surface area contributed by atoms with E-state index in [1.807, 2.05) is 30.3 Å². The van der Waals surface area contributed by atoms with Crippen molar-refractivity contribution in [3.63, 3.8) is 0 Å². The maximum Gasteiger partial charge on any atom is 0.197 e. The summed E-state index contributed by atoms with van der Waals surface area (Å²) >= 11 is 0. The van der Waals surface area contributed by atoms with Crippen LogP contribution in [-0.4, -0.2) is 11.7 Å². The molecule has 0 radical (unpaired) electrons. The van der Waals surface area contributed by atoms with Crippen molar-refractivity contribution in [1.29, 1.82) is 0 Å². The van der Waals surface area contributed by atoms with Crippen LogP contribution in [0.2, 0.25) is 0 Å². The Bertz CT molecular complexity index is 1020. The fourth-order valence-electron chi connectivity index (χ4n) is 4.20. The van der Waals surface area contributed by atoms with Crippen molar-refractivity contribution in [2.75, 3.05) is 6.61 Å². The number of benzene rings is 2. The zero-order valence-corrected chi connectivity index (χ0v) is 20.0. The molecule has 0 saturated heterocycles. The molecule has 0 aliphatic rings. The quantitative estimate of drug-likeness (QED) is 0.237. The van der Waals surface area contributed by atoms with Gasteiger partial charge in [-0.2, -0.15) is 0 Å². The average molecular weight is 451 g/mol. The minimum atomic E-state index is -0.264. The molecule has 1 N–H and O–H groups in total. The molecule has 0 amide bonds. The van der Waals surface area contributed by atoms with Gasteiger partial charge in [-0.05, 0) is 6.42 Å². The third-order valence-electron chi connectivity index (χ3n) is 6.11. The number of aromatic hydroxyl groups is 1. The van der Waals surface area contributed by atoms with E-state index in [1.165, 1.54) is 76.3 Å². The van der Waals surface area contributed by atoms with Gasteiger partial charge in [0.25, 0.3) is 0 Å². The summed E-state index contributed by atoms with van der Waals surface area (Å²) in [6.45, 7) is 2.85. The second-order valence-electron chi connectivity index (χ2n) is 8.89. The number of fused-ring (bicyclic) bond motifs is 1. The first kappa shape index (κ1) is 24.9. The van der Waals surface area contributed by atoms with Crippen LogP contribution >= 0.6 is 0 Å². The Kier molecular flexibility index (Phi) is 10.3. The first-order valence-electron chi connectivity index (χ1n) is 12.7. The molecule has 2 aromatic carbocycles. The zero-order valence-electron chi connectivity index (χ0n) is 20.0. The van der Waals surface area contributed by atoms with E-state index < -0.39 is 0 Å². The van der Waals surface area contributed by atoms with Crippen LogP contribution in [0.1, 0.15) is 84.0 Å². The molecule has 0 fully saturated rings. The molecular formula is C29H38O4. The van der Waals surface area contributed by atoms with Crippen molar-refractivity contribution in [3.8, 4) is 22.8 Å². The summed E-state index contributed by atoms with van der Waals surface area (Å²) in [5, 5.41) is 10.5. The summed E-state index contributed by atoms with van der Waals surface area (Å²) in [5.41, 5.74) is 0.893.